The Morgan fingerprint density at radius 2 is 1.25 bits per heavy atom. The molecule has 1 heterocycles. The van der Waals surface area contributed by atoms with Crippen LogP contribution < -0.4 is 0 Å². The molecule has 0 saturated heterocycles. The molecule has 0 saturated carbocycles. The number of aryl methyl sites for hydroxylation is 1. The van der Waals surface area contributed by atoms with Gasteiger partial charge in [-0.1, -0.05) is 93.6 Å². The van der Waals surface area contributed by atoms with Gasteiger partial charge in [0.15, 0.2) is 5.58 Å². The van der Waals surface area contributed by atoms with Crippen molar-refractivity contribution >= 4 is 43.4 Å². The van der Waals surface area contributed by atoms with E-state index in [9.17, 15) is 0 Å². The summed E-state index contributed by atoms with van der Waals surface area (Å²) < 4.78 is 6.25. The van der Waals surface area contributed by atoms with Crippen molar-refractivity contribution in [2.75, 3.05) is 0 Å². The minimum absolute atomic E-state index is 0.140. The Kier molecular flexibility index (Phi) is 4.35. The Hall–Kier alpha value is -4.17. The van der Waals surface area contributed by atoms with Gasteiger partial charge in [0.25, 0.3) is 0 Å². The van der Waals surface area contributed by atoms with Gasteiger partial charge in [-0.15, -0.1) is 0 Å². The molecule has 0 fully saturated rings. The van der Waals surface area contributed by atoms with E-state index in [1.165, 1.54) is 54.6 Å². The Morgan fingerprint density at radius 1 is 0.639 bits per heavy atom. The lowest BCUT2D eigenvalue weighted by molar-refractivity contribution is 0.590. The monoisotopic (exact) mass is 465 g/mol. The maximum absolute atomic E-state index is 6.25. The molecule has 2 nitrogen and oxygen atoms in total. The number of rotatable bonds is 2. The lowest BCUT2D eigenvalue weighted by Gasteiger charge is -2.20. The van der Waals surface area contributed by atoms with E-state index in [0.717, 1.165) is 16.7 Å². The molecule has 0 aliphatic carbocycles. The van der Waals surface area contributed by atoms with E-state index in [1.807, 2.05) is 6.07 Å². The molecular weight excluding hydrogens is 438 g/mol. The minimum Gasteiger partial charge on any atom is -0.436 e. The van der Waals surface area contributed by atoms with Crippen LogP contribution in [0.1, 0.15) is 31.9 Å². The highest BCUT2D eigenvalue weighted by Crippen LogP contribution is 2.42. The molecule has 0 unspecified atom stereocenters. The van der Waals surface area contributed by atoms with Crippen molar-refractivity contribution < 1.29 is 4.42 Å². The summed E-state index contributed by atoms with van der Waals surface area (Å²) in [5, 5.41) is 7.52. The van der Waals surface area contributed by atoms with Gasteiger partial charge in [0.1, 0.15) is 5.52 Å². The van der Waals surface area contributed by atoms with Gasteiger partial charge in [-0.25, -0.2) is 4.98 Å². The van der Waals surface area contributed by atoms with Gasteiger partial charge in [0.05, 0.1) is 0 Å². The molecule has 7 rings (SSSR count). The predicted molar refractivity (Wildman–Crippen MR) is 152 cm³/mol. The van der Waals surface area contributed by atoms with Gasteiger partial charge < -0.3 is 4.42 Å². The number of aromatic nitrogens is 1. The van der Waals surface area contributed by atoms with Crippen LogP contribution in [0.2, 0.25) is 0 Å². The molecule has 2 heteroatoms. The van der Waals surface area contributed by atoms with E-state index in [0.29, 0.717) is 5.89 Å². The molecule has 0 aliphatic heterocycles. The lowest BCUT2D eigenvalue weighted by atomic mass is 9.85. The largest absolute Gasteiger partial charge is 0.436 e. The molecule has 0 atom stereocenters. The average molecular weight is 466 g/mol. The minimum atomic E-state index is 0.140. The van der Waals surface area contributed by atoms with E-state index in [2.05, 4.69) is 113 Å². The zero-order chi connectivity index (χ0) is 24.6. The van der Waals surface area contributed by atoms with Gasteiger partial charge in [-0.2, -0.15) is 0 Å². The van der Waals surface area contributed by atoms with Crippen LogP contribution in [0.5, 0.6) is 0 Å². The first-order chi connectivity index (χ1) is 17.4. The fraction of sp³-hybridized carbons (Fsp3) is 0.147. The zero-order valence-electron chi connectivity index (χ0n) is 21.0. The first kappa shape index (κ1) is 21.1. The molecule has 0 aliphatic rings. The van der Waals surface area contributed by atoms with Crippen molar-refractivity contribution in [3.8, 4) is 22.6 Å². The van der Waals surface area contributed by atoms with Crippen molar-refractivity contribution in [3.05, 3.63) is 102 Å². The Labute approximate surface area is 210 Å². The standard InChI is InChI=1S/C34H27NO/c1-20-5-18-29-30(19-20)36-33(35-29)28-17-11-23-9-15-26-25(21-6-12-24(13-7-21)34(2,3)4)14-8-22-10-16-27(28)32(23)31(22)26/h5-19H,1-4H3. The molecule has 1 aromatic heterocycles. The number of nitrogens with zero attached hydrogens (tertiary/aromatic N) is 1. The molecular formula is C34H27NO. The smallest absolute Gasteiger partial charge is 0.227 e. The highest BCUT2D eigenvalue weighted by molar-refractivity contribution is 6.27. The van der Waals surface area contributed by atoms with Crippen LogP contribution in [-0.2, 0) is 5.41 Å². The third-order valence-electron chi connectivity index (χ3n) is 7.50. The first-order valence-corrected chi connectivity index (χ1v) is 12.6. The van der Waals surface area contributed by atoms with Gasteiger partial charge in [-0.05, 0) is 85.1 Å². The van der Waals surface area contributed by atoms with E-state index >= 15 is 0 Å². The highest BCUT2D eigenvalue weighted by atomic mass is 16.3. The topological polar surface area (TPSA) is 26.0 Å². The van der Waals surface area contributed by atoms with Crippen LogP contribution in [0.3, 0.4) is 0 Å². The number of fused-ring (bicyclic) bond motifs is 1. The van der Waals surface area contributed by atoms with Crippen molar-refractivity contribution in [1.82, 2.24) is 4.98 Å². The van der Waals surface area contributed by atoms with Crippen molar-refractivity contribution in [2.24, 2.45) is 0 Å². The van der Waals surface area contributed by atoms with E-state index in [-0.39, 0.29) is 5.41 Å². The molecule has 0 spiro atoms. The van der Waals surface area contributed by atoms with Crippen LogP contribution in [0.25, 0.3) is 66.0 Å². The third-order valence-corrected chi connectivity index (χ3v) is 7.50. The maximum Gasteiger partial charge on any atom is 0.227 e. The Balaban J connectivity index is 1.48. The van der Waals surface area contributed by atoms with Crippen LogP contribution in [0.15, 0.2) is 95.4 Å². The maximum atomic E-state index is 6.25. The second kappa shape index (κ2) is 7.41. The molecule has 36 heavy (non-hydrogen) atoms. The summed E-state index contributed by atoms with van der Waals surface area (Å²) in [6.07, 6.45) is 0. The molecule has 174 valence electrons. The summed E-state index contributed by atoms with van der Waals surface area (Å²) in [5.74, 6) is 0.673. The molecule has 0 N–H and O–H groups in total. The fourth-order valence-electron chi connectivity index (χ4n) is 5.54. The van der Waals surface area contributed by atoms with Gasteiger partial charge in [0.2, 0.25) is 5.89 Å². The van der Waals surface area contributed by atoms with Gasteiger partial charge in [0, 0.05) is 5.56 Å². The third kappa shape index (κ3) is 3.14. The zero-order valence-corrected chi connectivity index (χ0v) is 21.0. The van der Waals surface area contributed by atoms with Gasteiger partial charge in [-0.3, -0.25) is 0 Å². The number of hydrogen-bond donors (Lipinski definition) is 0. The number of hydrogen-bond acceptors (Lipinski definition) is 2. The molecule has 0 bridgehead atoms. The Bertz CT molecular complexity index is 1920. The van der Waals surface area contributed by atoms with E-state index < -0.39 is 0 Å². The first-order valence-electron chi connectivity index (χ1n) is 12.6. The molecule has 7 aromatic rings. The quantitative estimate of drug-likeness (QED) is 0.238. The van der Waals surface area contributed by atoms with Crippen molar-refractivity contribution in [1.29, 1.82) is 0 Å². The summed E-state index contributed by atoms with van der Waals surface area (Å²) >= 11 is 0. The second-order valence-electron chi connectivity index (χ2n) is 11.0. The number of benzene rings is 6. The summed E-state index contributed by atoms with van der Waals surface area (Å²) in [6.45, 7) is 8.85. The summed E-state index contributed by atoms with van der Waals surface area (Å²) in [6, 6.07) is 33.0. The van der Waals surface area contributed by atoms with Crippen LogP contribution >= 0.6 is 0 Å². The van der Waals surface area contributed by atoms with Crippen molar-refractivity contribution in [3.63, 3.8) is 0 Å². The van der Waals surface area contributed by atoms with E-state index in [1.54, 1.807) is 0 Å². The predicted octanol–water partition coefficient (Wildman–Crippen LogP) is 9.67. The molecule has 0 radical (unpaired) electrons. The summed E-state index contributed by atoms with van der Waals surface area (Å²) in [5.41, 5.74) is 7.92. The van der Waals surface area contributed by atoms with Crippen molar-refractivity contribution in [2.45, 2.75) is 33.1 Å². The lowest BCUT2D eigenvalue weighted by Crippen LogP contribution is -2.10. The second-order valence-corrected chi connectivity index (χ2v) is 11.0. The summed E-state index contributed by atoms with van der Waals surface area (Å²) in [7, 11) is 0. The fourth-order valence-corrected chi connectivity index (χ4v) is 5.54. The molecule has 6 aromatic carbocycles. The number of oxazole rings is 1. The SMILES string of the molecule is Cc1ccc2nc(-c3ccc4ccc5c(-c6ccc(C(C)(C)C)cc6)ccc6ccc3c4c65)oc2c1. The van der Waals surface area contributed by atoms with Crippen LogP contribution in [-0.4, -0.2) is 4.98 Å². The Morgan fingerprint density at radius 3 is 1.92 bits per heavy atom. The highest BCUT2D eigenvalue weighted by Gasteiger charge is 2.18. The summed E-state index contributed by atoms with van der Waals surface area (Å²) in [4.78, 5) is 4.83. The van der Waals surface area contributed by atoms with Crippen LogP contribution in [0, 0.1) is 6.92 Å². The average Bonchev–Trinajstić information content (AvgIpc) is 3.29. The normalized spacial score (nSPS) is 12.4. The van der Waals surface area contributed by atoms with Crippen LogP contribution in [0.4, 0.5) is 0 Å². The van der Waals surface area contributed by atoms with E-state index in [4.69, 9.17) is 9.40 Å². The molecule has 0 amide bonds. The van der Waals surface area contributed by atoms with Gasteiger partial charge >= 0.3 is 0 Å².